The molecule has 0 saturated carbocycles. The van der Waals surface area contributed by atoms with Crippen LogP contribution < -0.4 is 5.73 Å². The minimum absolute atomic E-state index is 0.00231. The summed E-state index contributed by atoms with van der Waals surface area (Å²) in [6.45, 7) is 2.20. The van der Waals surface area contributed by atoms with E-state index < -0.39 is 0 Å². The fourth-order valence-electron chi connectivity index (χ4n) is 1.75. The molecule has 0 bridgehead atoms. The van der Waals surface area contributed by atoms with Gasteiger partial charge in [0.1, 0.15) is 6.54 Å². The summed E-state index contributed by atoms with van der Waals surface area (Å²) in [5.41, 5.74) is 8.67. The normalized spacial score (nSPS) is 10.8. The van der Waals surface area contributed by atoms with E-state index in [9.17, 15) is 4.79 Å². The van der Waals surface area contributed by atoms with E-state index in [-0.39, 0.29) is 12.5 Å². The minimum atomic E-state index is -0.00231. The molecule has 1 amide bonds. The lowest BCUT2D eigenvalue weighted by Crippen LogP contribution is -2.26. The Hall–Kier alpha value is -2.04. The SMILES string of the molecule is Cc1cccc2c1nc(N)n2CC(=O)N(C)C. The zero-order valence-corrected chi connectivity index (χ0v) is 10.3. The average molecular weight is 232 g/mol. The van der Waals surface area contributed by atoms with E-state index in [0.717, 1.165) is 16.6 Å². The molecule has 17 heavy (non-hydrogen) atoms. The molecule has 2 rings (SSSR count). The lowest BCUT2D eigenvalue weighted by Gasteiger charge is -2.12. The van der Waals surface area contributed by atoms with Crippen molar-refractivity contribution >= 4 is 22.9 Å². The summed E-state index contributed by atoms with van der Waals surface area (Å²) >= 11 is 0. The second kappa shape index (κ2) is 4.08. The molecule has 0 aliphatic rings. The van der Waals surface area contributed by atoms with Gasteiger partial charge in [-0.3, -0.25) is 4.79 Å². The molecule has 0 aliphatic heterocycles. The molecule has 0 radical (unpaired) electrons. The topological polar surface area (TPSA) is 64.1 Å². The van der Waals surface area contributed by atoms with E-state index in [4.69, 9.17) is 5.73 Å². The summed E-state index contributed by atoms with van der Waals surface area (Å²) in [7, 11) is 3.45. The molecule has 0 unspecified atom stereocenters. The summed E-state index contributed by atoms with van der Waals surface area (Å²) in [6.07, 6.45) is 0. The van der Waals surface area contributed by atoms with Crippen molar-refractivity contribution in [2.75, 3.05) is 19.8 Å². The van der Waals surface area contributed by atoms with E-state index in [1.807, 2.05) is 25.1 Å². The number of rotatable bonds is 2. The molecule has 0 aliphatic carbocycles. The second-order valence-electron chi connectivity index (χ2n) is 4.29. The van der Waals surface area contributed by atoms with E-state index in [1.54, 1.807) is 23.6 Å². The molecule has 2 aromatic rings. The van der Waals surface area contributed by atoms with Gasteiger partial charge in [-0.1, -0.05) is 12.1 Å². The van der Waals surface area contributed by atoms with Crippen LogP contribution in [0.3, 0.4) is 0 Å². The van der Waals surface area contributed by atoms with Crippen molar-refractivity contribution in [1.29, 1.82) is 0 Å². The van der Waals surface area contributed by atoms with Gasteiger partial charge in [-0.15, -0.1) is 0 Å². The van der Waals surface area contributed by atoms with E-state index in [1.165, 1.54) is 0 Å². The Bertz CT molecular complexity index is 571. The summed E-state index contributed by atoms with van der Waals surface area (Å²) in [4.78, 5) is 17.6. The number of benzene rings is 1. The number of hydrogen-bond donors (Lipinski definition) is 1. The number of aromatic nitrogens is 2. The molecule has 1 aromatic heterocycles. The smallest absolute Gasteiger partial charge is 0.242 e. The van der Waals surface area contributed by atoms with Crippen molar-refractivity contribution in [2.24, 2.45) is 0 Å². The van der Waals surface area contributed by atoms with Crippen molar-refractivity contribution in [3.63, 3.8) is 0 Å². The fourth-order valence-corrected chi connectivity index (χ4v) is 1.75. The number of imidazole rings is 1. The van der Waals surface area contributed by atoms with Crippen molar-refractivity contribution < 1.29 is 4.79 Å². The van der Waals surface area contributed by atoms with Crippen LogP contribution in [-0.4, -0.2) is 34.5 Å². The lowest BCUT2D eigenvalue weighted by atomic mass is 10.2. The highest BCUT2D eigenvalue weighted by atomic mass is 16.2. The number of likely N-dealkylation sites (N-methyl/N-ethyl adjacent to an activating group) is 1. The number of aryl methyl sites for hydroxylation is 1. The number of nitrogens with zero attached hydrogens (tertiary/aromatic N) is 3. The minimum Gasteiger partial charge on any atom is -0.369 e. The van der Waals surface area contributed by atoms with E-state index in [2.05, 4.69) is 4.98 Å². The molecule has 0 fully saturated rings. The second-order valence-corrected chi connectivity index (χ2v) is 4.29. The first-order chi connectivity index (χ1) is 8.00. The van der Waals surface area contributed by atoms with Gasteiger partial charge in [0.2, 0.25) is 11.9 Å². The Morgan fingerprint density at radius 2 is 2.18 bits per heavy atom. The first-order valence-electron chi connectivity index (χ1n) is 5.42. The highest BCUT2D eigenvalue weighted by Crippen LogP contribution is 2.20. The summed E-state index contributed by atoms with van der Waals surface area (Å²) in [6, 6.07) is 5.84. The molecule has 90 valence electrons. The number of carbonyl (C=O) groups excluding carboxylic acids is 1. The molecule has 5 heteroatoms. The Labute approximate surface area is 99.8 Å². The highest BCUT2D eigenvalue weighted by molar-refractivity contribution is 5.84. The molecule has 0 atom stereocenters. The summed E-state index contributed by atoms with van der Waals surface area (Å²) < 4.78 is 1.74. The maximum atomic E-state index is 11.7. The van der Waals surface area contributed by atoms with Crippen molar-refractivity contribution in [2.45, 2.75) is 13.5 Å². The fraction of sp³-hybridized carbons (Fsp3) is 0.333. The summed E-state index contributed by atoms with van der Waals surface area (Å²) in [5, 5.41) is 0. The average Bonchev–Trinajstić information content (AvgIpc) is 2.58. The quantitative estimate of drug-likeness (QED) is 0.840. The van der Waals surface area contributed by atoms with Gasteiger partial charge in [0.15, 0.2) is 0 Å². The lowest BCUT2D eigenvalue weighted by molar-refractivity contribution is -0.129. The number of hydrogen-bond acceptors (Lipinski definition) is 3. The van der Waals surface area contributed by atoms with Crippen LogP contribution in [-0.2, 0) is 11.3 Å². The van der Waals surface area contributed by atoms with E-state index >= 15 is 0 Å². The van der Waals surface area contributed by atoms with Crippen LogP contribution in [0.5, 0.6) is 0 Å². The van der Waals surface area contributed by atoms with Crippen molar-refractivity contribution in [3.8, 4) is 0 Å². The maximum absolute atomic E-state index is 11.7. The van der Waals surface area contributed by atoms with Gasteiger partial charge in [-0.05, 0) is 18.6 Å². The van der Waals surface area contributed by atoms with Gasteiger partial charge in [0, 0.05) is 14.1 Å². The maximum Gasteiger partial charge on any atom is 0.242 e. The van der Waals surface area contributed by atoms with Crippen LogP contribution in [0.2, 0.25) is 0 Å². The zero-order valence-electron chi connectivity index (χ0n) is 10.3. The Morgan fingerprint density at radius 1 is 1.47 bits per heavy atom. The van der Waals surface area contributed by atoms with Crippen LogP contribution in [0.25, 0.3) is 11.0 Å². The monoisotopic (exact) mass is 232 g/mol. The predicted molar refractivity (Wildman–Crippen MR) is 67.6 cm³/mol. The van der Waals surface area contributed by atoms with Crippen molar-refractivity contribution in [3.05, 3.63) is 23.8 Å². The van der Waals surface area contributed by atoms with Crippen molar-refractivity contribution in [1.82, 2.24) is 14.5 Å². The first-order valence-corrected chi connectivity index (χ1v) is 5.42. The number of nitrogens with two attached hydrogens (primary N) is 1. The zero-order chi connectivity index (χ0) is 12.6. The van der Waals surface area contributed by atoms with Gasteiger partial charge in [0.25, 0.3) is 0 Å². The molecule has 5 nitrogen and oxygen atoms in total. The van der Waals surface area contributed by atoms with Gasteiger partial charge < -0.3 is 15.2 Å². The van der Waals surface area contributed by atoms with Crippen LogP contribution >= 0.6 is 0 Å². The predicted octanol–water partition coefficient (Wildman–Crippen LogP) is 1.02. The first kappa shape index (κ1) is 11.4. The Morgan fingerprint density at radius 3 is 2.82 bits per heavy atom. The molecule has 2 N–H and O–H groups in total. The third-order valence-corrected chi connectivity index (χ3v) is 2.80. The highest BCUT2D eigenvalue weighted by Gasteiger charge is 2.13. The van der Waals surface area contributed by atoms with Gasteiger partial charge in [-0.2, -0.15) is 0 Å². The Balaban J connectivity index is 2.50. The number of anilines is 1. The number of amides is 1. The molecular formula is C12H16N4O. The van der Waals surface area contributed by atoms with Crippen LogP contribution in [0.4, 0.5) is 5.95 Å². The largest absolute Gasteiger partial charge is 0.369 e. The third-order valence-electron chi connectivity index (χ3n) is 2.80. The number of fused-ring (bicyclic) bond motifs is 1. The summed E-state index contributed by atoms with van der Waals surface area (Å²) in [5.74, 6) is 0.377. The Kier molecular flexibility index (Phi) is 2.75. The van der Waals surface area contributed by atoms with Gasteiger partial charge in [0.05, 0.1) is 11.0 Å². The van der Waals surface area contributed by atoms with Gasteiger partial charge >= 0.3 is 0 Å². The van der Waals surface area contributed by atoms with Crippen LogP contribution in [0.1, 0.15) is 5.56 Å². The van der Waals surface area contributed by atoms with Gasteiger partial charge in [-0.25, -0.2) is 4.98 Å². The van der Waals surface area contributed by atoms with E-state index in [0.29, 0.717) is 5.95 Å². The number of para-hydroxylation sites is 1. The van der Waals surface area contributed by atoms with Crippen LogP contribution in [0.15, 0.2) is 18.2 Å². The number of nitrogen functional groups attached to an aromatic ring is 1. The molecule has 0 saturated heterocycles. The molecule has 1 aromatic carbocycles. The standard InChI is InChI=1S/C12H16N4O/c1-8-5-4-6-9-11(8)14-12(13)16(9)7-10(17)15(2)3/h4-6H,7H2,1-3H3,(H2,13,14). The molecule has 0 spiro atoms. The number of carbonyl (C=O) groups is 1. The molecular weight excluding hydrogens is 216 g/mol. The molecule has 1 heterocycles. The third kappa shape index (κ3) is 1.95. The van der Waals surface area contributed by atoms with Crippen LogP contribution in [0, 0.1) is 6.92 Å².